The van der Waals surface area contributed by atoms with Gasteiger partial charge in [-0.25, -0.2) is 0 Å². The molecule has 2 N–H and O–H groups in total. The lowest BCUT2D eigenvalue weighted by Gasteiger charge is -2.31. The highest BCUT2D eigenvalue weighted by atomic mass is 15.1. The number of benzene rings is 2. The first-order valence-corrected chi connectivity index (χ1v) is 6.69. The highest BCUT2D eigenvalue weighted by molar-refractivity contribution is 5.49. The van der Waals surface area contributed by atoms with E-state index in [1.54, 1.807) is 0 Å². The molecule has 2 rings (SSSR count). The molecule has 0 saturated heterocycles. The maximum atomic E-state index is 6.02. The van der Waals surface area contributed by atoms with Gasteiger partial charge in [-0.05, 0) is 42.7 Å². The number of para-hydroxylation sites is 1. The largest absolute Gasteiger partial charge is 0.366 e. The van der Waals surface area contributed by atoms with Crippen LogP contribution in [-0.4, -0.2) is 13.6 Å². The van der Waals surface area contributed by atoms with E-state index in [1.165, 1.54) is 22.4 Å². The number of rotatable bonds is 4. The zero-order valence-corrected chi connectivity index (χ0v) is 11.9. The average molecular weight is 254 g/mol. The molecule has 19 heavy (non-hydrogen) atoms. The van der Waals surface area contributed by atoms with Crippen LogP contribution in [0.1, 0.15) is 22.7 Å². The number of nitrogens with two attached hydrogens (primary N) is 1. The Morgan fingerprint density at radius 2 is 1.68 bits per heavy atom. The van der Waals surface area contributed by atoms with E-state index in [1.807, 2.05) is 6.07 Å². The fraction of sp³-hybridized carbons (Fsp3) is 0.294. The third kappa shape index (κ3) is 2.79. The summed E-state index contributed by atoms with van der Waals surface area (Å²) in [6, 6.07) is 17.0. The second-order valence-corrected chi connectivity index (χ2v) is 4.99. The Labute approximate surface area is 115 Å². The van der Waals surface area contributed by atoms with E-state index >= 15 is 0 Å². The normalized spacial score (nSPS) is 12.2. The zero-order chi connectivity index (χ0) is 13.8. The second kappa shape index (κ2) is 5.89. The average Bonchev–Trinajstić information content (AvgIpc) is 2.45. The molecule has 100 valence electrons. The lowest BCUT2D eigenvalue weighted by atomic mass is 9.96. The summed E-state index contributed by atoms with van der Waals surface area (Å²) in [4.78, 5) is 2.25. The van der Waals surface area contributed by atoms with Gasteiger partial charge in [0.1, 0.15) is 0 Å². The van der Waals surface area contributed by atoms with Crippen LogP contribution in [0, 0.1) is 13.8 Å². The van der Waals surface area contributed by atoms with Crippen molar-refractivity contribution in [3.8, 4) is 0 Å². The summed E-state index contributed by atoms with van der Waals surface area (Å²) in [5, 5.41) is 0. The van der Waals surface area contributed by atoms with Gasteiger partial charge in [0.05, 0.1) is 6.04 Å². The van der Waals surface area contributed by atoms with Crippen molar-refractivity contribution in [2.75, 3.05) is 18.5 Å². The van der Waals surface area contributed by atoms with Gasteiger partial charge in [0.2, 0.25) is 0 Å². The highest BCUT2D eigenvalue weighted by Gasteiger charge is 2.18. The van der Waals surface area contributed by atoms with Gasteiger partial charge in [-0.1, -0.05) is 36.4 Å². The fourth-order valence-corrected chi connectivity index (χ4v) is 2.47. The van der Waals surface area contributed by atoms with Crippen LogP contribution in [0.5, 0.6) is 0 Å². The quantitative estimate of drug-likeness (QED) is 0.905. The third-order valence-electron chi connectivity index (χ3n) is 3.86. The molecular weight excluding hydrogens is 232 g/mol. The smallest absolute Gasteiger partial charge is 0.0664 e. The molecule has 0 fully saturated rings. The molecule has 0 saturated carbocycles. The molecule has 1 atom stereocenters. The van der Waals surface area contributed by atoms with Gasteiger partial charge < -0.3 is 10.6 Å². The maximum absolute atomic E-state index is 6.02. The van der Waals surface area contributed by atoms with E-state index in [9.17, 15) is 0 Å². The van der Waals surface area contributed by atoms with Crippen LogP contribution in [0.4, 0.5) is 5.69 Å². The van der Waals surface area contributed by atoms with Gasteiger partial charge in [-0.2, -0.15) is 0 Å². The van der Waals surface area contributed by atoms with Crippen LogP contribution in [0.3, 0.4) is 0 Å². The zero-order valence-electron chi connectivity index (χ0n) is 11.9. The Bertz CT molecular complexity index is 534. The van der Waals surface area contributed by atoms with E-state index in [2.05, 4.69) is 68.3 Å². The molecule has 2 aromatic carbocycles. The molecule has 0 aliphatic heterocycles. The van der Waals surface area contributed by atoms with Crippen molar-refractivity contribution >= 4 is 5.69 Å². The summed E-state index contributed by atoms with van der Waals surface area (Å²) >= 11 is 0. The van der Waals surface area contributed by atoms with Gasteiger partial charge in [-0.3, -0.25) is 0 Å². The highest BCUT2D eigenvalue weighted by Crippen LogP contribution is 2.27. The van der Waals surface area contributed by atoms with Crippen LogP contribution < -0.4 is 10.6 Å². The fourth-order valence-electron chi connectivity index (χ4n) is 2.47. The summed E-state index contributed by atoms with van der Waals surface area (Å²) in [5.41, 5.74) is 11.2. The Hall–Kier alpha value is -1.80. The van der Waals surface area contributed by atoms with E-state index in [-0.39, 0.29) is 6.04 Å². The van der Waals surface area contributed by atoms with Gasteiger partial charge >= 0.3 is 0 Å². The van der Waals surface area contributed by atoms with E-state index < -0.39 is 0 Å². The summed E-state index contributed by atoms with van der Waals surface area (Å²) in [5.74, 6) is 0. The minimum absolute atomic E-state index is 0.210. The van der Waals surface area contributed by atoms with Gasteiger partial charge in [-0.15, -0.1) is 0 Å². The topological polar surface area (TPSA) is 29.3 Å². The number of nitrogens with zero attached hydrogens (tertiary/aromatic N) is 1. The first-order valence-electron chi connectivity index (χ1n) is 6.69. The summed E-state index contributed by atoms with van der Waals surface area (Å²) in [6.07, 6.45) is 0. The second-order valence-electron chi connectivity index (χ2n) is 4.99. The van der Waals surface area contributed by atoms with Crippen LogP contribution >= 0.6 is 0 Å². The van der Waals surface area contributed by atoms with E-state index in [4.69, 9.17) is 5.73 Å². The number of aryl methyl sites for hydroxylation is 1. The Morgan fingerprint density at radius 3 is 2.32 bits per heavy atom. The molecule has 0 aliphatic rings. The molecule has 0 spiro atoms. The molecule has 0 heterocycles. The lowest BCUT2D eigenvalue weighted by Crippen LogP contribution is -2.31. The Morgan fingerprint density at radius 1 is 1.00 bits per heavy atom. The molecule has 0 amide bonds. The van der Waals surface area contributed by atoms with Crippen molar-refractivity contribution < 1.29 is 0 Å². The number of anilines is 1. The monoisotopic (exact) mass is 254 g/mol. The molecule has 2 heteroatoms. The van der Waals surface area contributed by atoms with Gasteiger partial charge in [0, 0.05) is 19.3 Å². The maximum Gasteiger partial charge on any atom is 0.0664 e. The standard InChI is InChI=1S/C17H22N2/c1-13-8-7-11-16(14(13)2)17(12-18)19(3)15-9-5-4-6-10-15/h4-11,17H,12,18H2,1-3H3. The van der Waals surface area contributed by atoms with Gasteiger partial charge in [0.25, 0.3) is 0 Å². The first-order chi connectivity index (χ1) is 9.15. The van der Waals surface area contributed by atoms with Crippen LogP contribution in [0.2, 0.25) is 0 Å². The van der Waals surface area contributed by atoms with Crippen molar-refractivity contribution in [1.29, 1.82) is 0 Å². The molecular formula is C17H22N2. The van der Waals surface area contributed by atoms with Crippen molar-refractivity contribution in [3.05, 3.63) is 65.2 Å². The van der Waals surface area contributed by atoms with Crippen molar-refractivity contribution in [1.82, 2.24) is 0 Å². The molecule has 0 bridgehead atoms. The first kappa shape index (κ1) is 13.6. The molecule has 0 aliphatic carbocycles. The van der Waals surface area contributed by atoms with Gasteiger partial charge in [0.15, 0.2) is 0 Å². The predicted molar refractivity (Wildman–Crippen MR) is 82.6 cm³/mol. The Balaban J connectivity index is 2.37. The Kier molecular flexibility index (Phi) is 4.23. The van der Waals surface area contributed by atoms with E-state index in [0.29, 0.717) is 6.54 Å². The minimum atomic E-state index is 0.210. The number of likely N-dealkylation sites (N-methyl/N-ethyl adjacent to an activating group) is 1. The summed E-state index contributed by atoms with van der Waals surface area (Å²) in [6.45, 7) is 4.93. The van der Waals surface area contributed by atoms with Crippen molar-refractivity contribution in [3.63, 3.8) is 0 Å². The van der Waals surface area contributed by atoms with Crippen molar-refractivity contribution in [2.24, 2.45) is 5.73 Å². The van der Waals surface area contributed by atoms with Crippen LogP contribution in [-0.2, 0) is 0 Å². The molecule has 0 radical (unpaired) electrons. The summed E-state index contributed by atoms with van der Waals surface area (Å²) in [7, 11) is 2.11. The lowest BCUT2D eigenvalue weighted by molar-refractivity contribution is 0.676. The molecule has 2 nitrogen and oxygen atoms in total. The number of hydrogen-bond donors (Lipinski definition) is 1. The SMILES string of the molecule is Cc1cccc(C(CN)N(C)c2ccccc2)c1C. The predicted octanol–water partition coefficient (Wildman–Crippen LogP) is 3.44. The number of hydrogen-bond acceptors (Lipinski definition) is 2. The van der Waals surface area contributed by atoms with Crippen LogP contribution in [0.25, 0.3) is 0 Å². The molecule has 1 unspecified atom stereocenters. The third-order valence-corrected chi connectivity index (χ3v) is 3.86. The van der Waals surface area contributed by atoms with E-state index in [0.717, 1.165) is 0 Å². The minimum Gasteiger partial charge on any atom is -0.366 e. The molecule has 2 aromatic rings. The summed E-state index contributed by atoms with van der Waals surface area (Å²) < 4.78 is 0. The van der Waals surface area contributed by atoms with Crippen LogP contribution in [0.15, 0.2) is 48.5 Å². The molecule has 0 aromatic heterocycles. The van der Waals surface area contributed by atoms with Crippen molar-refractivity contribution in [2.45, 2.75) is 19.9 Å².